The highest BCUT2D eigenvalue weighted by Crippen LogP contribution is 2.45. The van der Waals surface area contributed by atoms with E-state index in [9.17, 15) is 24.3 Å². The highest BCUT2D eigenvalue weighted by molar-refractivity contribution is 7.13. The Morgan fingerprint density at radius 2 is 1.84 bits per heavy atom. The molecule has 2 saturated carbocycles. The molecule has 1 saturated heterocycles. The molecule has 3 aromatic rings. The molecule has 3 amide bonds. The SMILES string of the molecule is C=C[C@@H]1C[C@]1(NC(=O)[C@@H]1C[C@@H](Oc2cc(-c3nc(NC(C)C)cs3)nc3cc(OC)ccc23)CN1C(=O)[C@@H](NC(=O)OC1CCCCC1)C(C)(C)C)C(=O)O. The molecule has 1 aromatic carbocycles. The van der Waals surface area contributed by atoms with Gasteiger partial charge < -0.3 is 40.2 Å². The number of pyridine rings is 1. The highest BCUT2D eigenvalue weighted by atomic mass is 32.1. The number of hydrogen-bond acceptors (Lipinski definition) is 11. The van der Waals surface area contributed by atoms with Crippen LogP contribution in [0, 0.1) is 11.3 Å². The number of rotatable bonds is 13. The fourth-order valence-corrected chi connectivity index (χ4v) is 8.16. The third-order valence-electron chi connectivity index (χ3n) is 10.5. The van der Waals surface area contributed by atoms with Crippen LogP contribution in [0.4, 0.5) is 10.6 Å². The van der Waals surface area contributed by atoms with E-state index in [4.69, 9.17) is 24.2 Å². The Balaban J connectivity index is 1.32. The van der Waals surface area contributed by atoms with Gasteiger partial charge in [0.1, 0.15) is 57.8 Å². The van der Waals surface area contributed by atoms with Crippen LogP contribution < -0.4 is 25.4 Å². The average molecular weight is 777 g/mol. The number of carboxylic acids is 1. The maximum Gasteiger partial charge on any atom is 0.408 e. The maximum absolute atomic E-state index is 14.6. The van der Waals surface area contributed by atoms with E-state index in [1.54, 1.807) is 25.3 Å². The van der Waals surface area contributed by atoms with Gasteiger partial charge in [-0.05, 0) is 63.5 Å². The van der Waals surface area contributed by atoms with Gasteiger partial charge in [-0.1, -0.05) is 33.3 Å². The first-order chi connectivity index (χ1) is 26.1. The Morgan fingerprint density at radius 3 is 2.47 bits per heavy atom. The summed E-state index contributed by atoms with van der Waals surface area (Å²) < 4.78 is 17.9. The van der Waals surface area contributed by atoms with Crippen LogP contribution in [-0.2, 0) is 19.1 Å². The summed E-state index contributed by atoms with van der Waals surface area (Å²) in [5.41, 5.74) is -1.12. The first-order valence-corrected chi connectivity index (χ1v) is 19.8. The predicted molar refractivity (Wildman–Crippen MR) is 209 cm³/mol. The van der Waals surface area contributed by atoms with Gasteiger partial charge in [0, 0.05) is 41.3 Å². The normalized spacial score (nSPS) is 23.2. The van der Waals surface area contributed by atoms with E-state index in [0.29, 0.717) is 33.1 Å². The minimum atomic E-state index is -1.51. The molecule has 296 valence electrons. The molecule has 3 aliphatic rings. The van der Waals surface area contributed by atoms with Crippen molar-refractivity contribution in [2.75, 3.05) is 19.0 Å². The number of alkyl carbamates (subject to hydrolysis) is 1. The predicted octanol–water partition coefficient (Wildman–Crippen LogP) is 6.15. The van der Waals surface area contributed by atoms with Crippen LogP contribution in [0.25, 0.3) is 21.6 Å². The summed E-state index contributed by atoms with van der Waals surface area (Å²) >= 11 is 1.43. The topological polar surface area (TPSA) is 181 Å². The third kappa shape index (κ3) is 8.82. The molecule has 0 radical (unpaired) electrons. The molecule has 4 N–H and O–H groups in total. The number of likely N-dealkylation sites (tertiary alicyclic amines) is 1. The van der Waals surface area contributed by atoms with Crippen molar-refractivity contribution >= 4 is 51.9 Å². The number of ether oxygens (including phenoxy) is 3. The first-order valence-electron chi connectivity index (χ1n) is 18.9. The number of fused-ring (bicyclic) bond motifs is 1. The second-order valence-corrected chi connectivity index (χ2v) is 17.0. The number of carbonyl (C=O) groups excluding carboxylic acids is 3. The minimum Gasteiger partial charge on any atom is -0.497 e. The number of nitrogens with one attached hydrogen (secondary N) is 3. The number of carbonyl (C=O) groups is 4. The Kier molecular flexibility index (Phi) is 11.6. The van der Waals surface area contributed by atoms with Crippen molar-refractivity contribution in [2.24, 2.45) is 11.3 Å². The molecule has 6 rings (SSSR count). The Bertz CT molecular complexity index is 1940. The summed E-state index contributed by atoms with van der Waals surface area (Å²) in [4.78, 5) is 65.4. The number of methoxy groups -OCH3 is 1. The second-order valence-electron chi connectivity index (χ2n) is 16.1. The van der Waals surface area contributed by atoms with Crippen molar-refractivity contribution in [1.82, 2.24) is 25.5 Å². The van der Waals surface area contributed by atoms with Gasteiger partial charge in [-0.15, -0.1) is 17.9 Å². The van der Waals surface area contributed by atoms with Crippen LogP contribution in [0.1, 0.15) is 79.6 Å². The van der Waals surface area contributed by atoms with E-state index in [1.165, 1.54) is 22.3 Å². The number of carboxylic acid groups (broad SMARTS) is 1. The monoisotopic (exact) mass is 776 g/mol. The van der Waals surface area contributed by atoms with Gasteiger partial charge in [0.25, 0.3) is 0 Å². The lowest BCUT2D eigenvalue weighted by atomic mass is 9.85. The van der Waals surface area contributed by atoms with E-state index < -0.39 is 58.9 Å². The number of nitrogens with zero attached hydrogens (tertiary/aromatic N) is 3. The minimum absolute atomic E-state index is 0.0111. The van der Waals surface area contributed by atoms with Crippen molar-refractivity contribution in [2.45, 2.75) is 115 Å². The number of aliphatic carboxylic acids is 1. The highest BCUT2D eigenvalue weighted by Gasteiger charge is 2.61. The average Bonchev–Trinajstić information content (AvgIpc) is 3.41. The number of thiazole rings is 1. The van der Waals surface area contributed by atoms with Crippen LogP contribution in [0.3, 0.4) is 0 Å². The number of benzene rings is 1. The van der Waals surface area contributed by atoms with Crippen molar-refractivity contribution in [3.63, 3.8) is 0 Å². The summed E-state index contributed by atoms with van der Waals surface area (Å²) in [7, 11) is 1.57. The van der Waals surface area contributed by atoms with Crippen molar-refractivity contribution < 1.29 is 38.5 Å². The van der Waals surface area contributed by atoms with Gasteiger partial charge >= 0.3 is 12.1 Å². The molecule has 1 aliphatic heterocycles. The standard InChI is InChI=1S/C40H52N6O8S/c1-8-23-19-40(23,37(49)50)45-34(47)30-17-26(20-46(30)36(48)33(39(4,5)6)44-38(51)54-24-12-10-9-11-13-24)53-31-18-29(35-43-32(21-55-35)41-22(2)3)42-28-16-25(52-7)14-15-27(28)31/h8,14-16,18,21-24,26,30,33,41H,1,9-13,17,19-20H2,2-7H3,(H,44,51)(H,45,47)(H,49,50)/t23-,26-,30+,33-,40-/m1/s1. The molecule has 3 fully saturated rings. The van der Waals surface area contributed by atoms with Crippen LogP contribution in [-0.4, -0.2) is 93.4 Å². The van der Waals surface area contributed by atoms with E-state index in [1.807, 2.05) is 46.1 Å². The van der Waals surface area contributed by atoms with Gasteiger partial charge in [-0.25, -0.2) is 19.6 Å². The van der Waals surface area contributed by atoms with Gasteiger partial charge in [-0.3, -0.25) is 9.59 Å². The van der Waals surface area contributed by atoms with E-state index in [0.717, 1.165) is 37.9 Å². The number of amides is 3. The molecule has 3 heterocycles. The lowest BCUT2D eigenvalue weighted by Crippen LogP contribution is -2.59. The molecule has 2 aromatic heterocycles. The van der Waals surface area contributed by atoms with Gasteiger partial charge in [0.05, 0.1) is 19.2 Å². The van der Waals surface area contributed by atoms with Gasteiger partial charge in [0.2, 0.25) is 11.8 Å². The van der Waals surface area contributed by atoms with Crippen molar-refractivity contribution in [3.05, 3.63) is 42.3 Å². The summed E-state index contributed by atoms with van der Waals surface area (Å²) in [5, 5.41) is 22.2. The van der Waals surface area contributed by atoms with E-state index in [-0.39, 0.29) is 31.5 Å². The zero-order chi connectivity index (χ0) is 39.7. The molecule has 15 heteroatoms. The third-order valence-corrected chi connectivity index (χ3v) is 11.4. The second kappa shape index (κ2) is 16.0. The first kappa shape index (κ1) is 39.8. The fourth-order valence-electron chi connectivity index (χ4n) is 7.44. The smallest absolute Gasteiger partial charge is 0.408 e. The van der Waals surface area contributed by atoms with Crippen LogP contribution >= 0.6 is 11.3 Å². The molecule has 0 unspecified atom stereocenters. The van der Waals surface area contributed by atoms with Gasteiger partial charge in [-0.2, -0.15) is 0 Å². The Hall–Kier alpha value is -4.92. The zero-order valence-corrected chi connectivity index (χ0v) is 33.2. The maximum atomic E-state index is 14.6. The van der Waals surface area contributed by atoms with E-state index in [2.05, 4.69) is 22.5 Å². The van der Waals surface area contributed by atoms with Crippen LogP contribution in [0.15, 0.2) is 42.3 Å². The van der Waals surface area contributed by atoms with Crippen molar-refractivity contribution in [3.8, 4) is 22.2 Å². The number of hydrogen-bond donors (Lipinski definition) is 4. The van der Waals surface area contributed by atoms with Gasteiger partial charge in [0.15, 0.2) is 0 Å². The van der Waals surface area contributed by atoms with Crippen molar-refractivity contribution in [1.29, 1.82) is 0 Å². The molecule has 0 spiro atoms. The zero-order valence-electron chi connectivity index (χ0n) is 32.3. The van der Waals surface area contributed by atoms with Crippen LogP contribution in [0.2, 0.25) is 0 Å². The Labute approximate surface area is 325 Å². The molecular weight excluding hydrogens is 725 g/mol. The van der Waals surface area contributed by atoms with E-state index >= 15 is 0 Å². The largest absolute Gasteiger partial charge is 0.497 e. The summed E-state index contributed by atoms with van der Waals surface area (Å²) in [5.74, 6) is -0.958. The number of anilines is 1. The molecule has 14 nitrogen and oxygen atoms in total. The molecular formula is C40H52N6O8S. The fraction of sp³-hybridized carbons (Fsp3) is 0.550. The molecule has 55 heavy (non-hydrogen) atoms. The molecule has 2 aliphatic carbocycles. The summed E-state index contributed by atoms with van der Waals surface area (Å²) in [6.45, 7) is 13.3. The Morgan fingerprint density at radius 1 is 1.09 bits per heavy atom. The lowest BCUT2D eigenvalue weighted by molar-refractivity contribution is -0.146. The van der Waals surface area contributed by atoms with Crippen LogP contribution in [0.5, 0.6) is 11.5 Å². The summed E-state index contributed by atoms with van der Waals surface area (Å²) in [6.07, 6.45) is 4.73. The lowest BCUT2D eigenvalue weighted by Gasteiger charge is -2.35. The molecule has 5 atom stereocenters. The summed E-state index contributed by atoms with van der Waals surface area (Å²) in [6, 6.07) is 5.26. The quantitative estimate of drug-likeness (QED) is 0.146. The molecule has 0 bridgehead atoms. The number of aromatic nitrogens is 2.